The van der Waals surface area contributed by atoms with Crippen LogP contribution in [0, 0.1) is 0 Å². The SMILES string of the molecule is COc1ncccc1NC(=O)N1CCCC1Cc1ccccc1. The summed E-state index contributed by atoms with van der Waals surface area (Å²) in [6.45, 7) is 0.784. The van der Waals surface area contributed by atoms with E-state index < -0.39 is 0 Å². The largest absolute Gasteiger partial charge is 0.480 e. The molecule has 1 saturated heterocycles. The zero-order valence-electron chi connectivity index (χ0n) is 13.2. The third-order valence-electron chi connectivity index (χ3n) is 4.16. The van der Waals surface area contributed by atoms with Gasteiger partial charge in [-0.05, 0) is 37.0 Å². The summed E-state index contributed by atoms with van der Waals surface area (Å²) in [7, 11) is 1.55. The normalized spacial score (nSPS) is 17.1. The molecule has 120 valence electrons. The Morgan fingerprint density at radius 2 is 2.13 bits per heavy atom. The van der Waals surface area contributed by atoms with Crippen LogP contribution in [0.5, 0.6) is 5.88 Å². The van der Waals surface area contributed by atoms with Gasteiger partial charge in [-0.2, -0.15) is 0 Å². The molecule has 1 unspecified atom stereocenters. The number of benzene rings is 1. The molecule has 1 aliphatic heterocycles. The van der Waals surface area contributed by atoms with E-state index in [2.05, 4.69) is 22.4 Å². The first kappa shape index (κ1) is 15.3. The molecule has 1 N–H and O–H groups in total. The number of anilines is 1. The minimum atomic E-state index is -0.0882. The van der Waals surface area contributed by atoms with Crippen LogP contribution in [0.3, 0.4) is 0 Å². The minimum absolute atomic E-state index is 0.0882. The molecule has 2 aromatic rings. The van der Waals surface area contributed by atoms with Crippen LogP contribution in [0.25, 0.3) is 0 Å². The zero-order valence-corrected chi connectivity index (χ0v) is 13.2. The first-order valence-electron chi connectivity index (χ1n) is 7.88. The number of amides is 2. The van der Waals surface area contributed by atoms with E-state index in [0.717, 1.165) is 25.8 Å². The van der Waals surface area contributed by atoms with Crippen molar-refractivity contribution in [3.05, 3.63) is 54.2 Å². The number of hydrogen-bond acceptors (Lipinski definition) is 3. The predicted octanol–water partition coefficient (Wildman–Crippen LogP) is 3.33. The van der Waals surface area contributed by atoms with Crippen molar-refractivity contribution in [3.63, 3.8) is 0 Å². The van der Waals surface area contributed by atoms with Crippen LogP contribution >= 0.6 is 0 Å². The number of pyridine rings is 1. The maximum absolute atomic E-state index is 12.6. The highest BCUT2D eigenvalue weighted by atomic mass is 16.5. The van der Waals surface area contributed by atoms with Crippen LogP contribution in [0.1, 0.15) is 18.4 Å². The van der Waals surface area contributed by atoms with Crippen molar-refractivity contribution >= 4 is 11.7 Å². The molecule has 3 rings (SSSR count). The molecule has 0 spiro atoms. The molecule has 0 saturated carbocycles. The number of methoxy groups -OCH3 is 1. The van der Waals surface area contributed by atoms with E-state index in [1.54, 1.807) is 25.4 Å². The lowest BCUT2D eigenvalue weighted by atomic mass is 10.0. The van der Waals surface area contributed by atoms with E-state index in [4.69, 9.17) is 4.74 Å². The summed E-state index contributed by atoms with van der Waals surface area (Å²) in [6.07, 6.45) is 4.60. The molecule has 1 aliphatic rings. The van der Waals surface area contributed by atoms with Gasteiger partial charge < -0.3 is 15.0 Å². The van der Waals surface area contributed by atoms with Crippen LogP contribution in [0.2, 0.25) is 0 Å². The maximum Gasteiger partial charge on any atom is 0.322 e. The minimum Gasteiger partial charge on any atom is -0.480 e. The van der Waals surface area contributed by atoms with Crippen molar-refractivity contribution in [1.82, 2.24) is 9.88 Å². The van der Waals surface area contributed by atoms with Gasteiger partial charge >= 0.3 is 6.03 Å². The number of carbonyl (C=O) groups excluding carboxylic acids is 1. The molecule has 5 nitrogen and oxygen atoms in total. The second-order valence-corrected chi connectivity index (χ2v) is 5.67. The second kappa shape index (κ2) is 7.13. The third-order valence-corrected chi connectivity index (χ3v) is 4.16. The van der Waals surface area contributed by atoms with Crippen LogP contribution in [0.4, 0.5) is 10.5 Å². The fourth-order valence-corrected chi connectivity index (χ4v) is 3.04. The Kier molecular flexibility index (Phi) is 4.76. The topological polar surface area (TPSA) is 54.5 Å². The van der Waals surface area contributed by atoms with Gasteiger partial charge in [0.15, 0.2) is 0 Å². The van der Waals surface area contributed by atoms with E-state index in [9.17, 15) is 4.79 Å². The van der Waals surface area contributed by atoms with Gasteiger partial charge in [0.05, 0.1) is 7.11 Å². The number of nitrogens with zero attached hydrogens (tertiary/aromatic N) is 2. The van der Waals surface area contributed by atoms with Gasteiger partial charge in [-0.3, -0.25) is 0 Å². The fraction of sp³-hybridized carbons (Fsp3) is 0.333. The maximum atomic E-state index is 12.6. The molecule has 1 aromatic heterocycles. The molecule has 0 bridgehead atoms. The number of hydrogen-bond donors (Lipinski definition) is 1. The molecule has 2 amide bonds. The van der Waals surface area contributed by atoms with E-state index in [1.165, 1.54) is 5.56 Å². The van der Waals surface area contributed by atoms with Gasteiger partial charge in [0, 0.05) is 18.8 Å². The molecule has 2 heterocycles. The molecule has 1 fully saturated rings. The number of rotatable bonds is 4. The molecule has 5 heteroatoms. The standard InChI is InChI=1S/C18H21N3O2/c1-23-17-16(10-5-11-19-17)20-18(22)21-12-6-9-15(21)13-14-7-3-2-4-8-14/h2-5,7-8,10-11,15H,6,9,12-13H2,1H3,(H,20,22). The highest BCUT2D eigenvalue weighted by molar-refractivity contribution is 5.91. The summed E-state index contributed by atoms with van der Waals surface area (Å²) >= 11 is 0. The Hall–Kier alpha value is -2.56. The lowest BCUT2D eigenvalue weighted by Crippen LogP contribution is -2.39. The zero-order chi connectivity index (χ0) is 16.1. The molecular formula is C18H21N3O2. The summed E-state index contributed by atoms with van der Waals surface area (Å²) in [4.78, 5) is 18.6. The third kappa shape index (κ3) is 3.62. The summed E-state index contributed by atoms with van der Waals surface area (Å²) in [5, 5.41) is 2.92. The molecule has 0 aliphatic carbocycles. The number of carbonyl (C=O) groups is 1. The first-order chi connectivity index (χ1) is 11.3. The first-order valence-corrected chi connectivity index (χ1v) is 7.88. The Bertz CT molecular complexity index is 660. The Balaban J connectivity index is 1.68. The van der Waals surface area contributed by atoms with Gasteiger partial charge in [-0.25, -0.2) is 9.78 Å². The average Bonchev–Trinajstić information content (AvgIpc) is 3.04. The van der Waals surface area contributed by atoms with Gasteiger partial charge in [-0.1, -0.05) is 30.3 Å². The summed E-state index contributed by atoms with van der Waals surface area (Å²) < 4.78 is 5.19. The van der Waals surface area contributed by atoms with E-state index in [-0.39, 0.29) is 12.1 Å². The molecule has 1 atom stereocenters. The van der Waals surface area contributed by atoms with Crippen molar-refractivity contribution < 1.29 is 9.53 Å². The number of likely N-dealkylation sites (tertiary alicyclic amines) is 1. The average molecular weight is 311 g/mol. The summed E-state index contributed by atoms with van der Waals surface area (Å²) in [5.74, 6) is 0.430. The van der Waals surface area contributed by atoms with Crippen LogP contribution < -0.4 is 10.1 Å². The summed E-state index contributed by atoms with van der Waals surface area (Å²) in [6, 6.07) is 14.0. The quantitative estimate of drug-likeness (QED) is 0.942. The number of ether oxygens (including phenoxy) is 1. The highest BCUT2D eigenvalue weighted by Crippen LogP contribution is 2.25. The number of urea groups is 1. The van der Waals surface area contributed by atoms with E-state index in [1.807, 2.05) is 23.1 Å². The van der Waals surface area contributed by atoms with Gasteiger partial charge in [-0.15, -0.1) is 0 Å². The van der Waals surface area contributed by atoms with Gasteiger partial charge in [0.1, 0.15) is 5.69 Å². The number of aromatic nitrogens is 1. The van der Waals surface area contributed by atoms with Crippen LogP contribution in [0.15, 0.2) is 48.7 Å². The lowest BCUT2D eigenvalue weighted by Gasteiger charge is -2.25. The van der Waals surface area contributed by atoms with Crippen LogP contribution in [-0.4, -0.2) is 35.6 Å². The van der Waals surface area contributed by atoms with Crippen molar-refractivity contribution in [1.29, 1.82) is 0 Å². The van der Waals surface area contributed by atoms with E-state index >= 15 is 0 Å². The number of nitrogens with one attached hydrogen (secondary N) is 1. The lowest BCUT2D eigenvalue weighted by molar-refractivity contribution is 0.206. The van der Waals surface area contributed by atoms with Crippen molar-refractivity contribution in [2.24, 2.45) is 0 Å². The molecular weight excluding hydrogens is 290 g/mol. The molecule has 1 aromatic carbocycles. The Morgan fingerprint density at radius 3 is 2.91 bits per heavy atom. The second-order valence-electron chi connectivity index (χ2n) is 5.67. The van der Waals surface area contributed by atoms with Crippen molar-refractivity contribution in [2.75, 3.05) is 19.0 Å². The molecule has 23 heavy (non-hydrogen) atoms. The smallest absolute Gasteiger partial charge is 0.322 e. The van der Waals surface area contributed by atoms with Crippen LogP contribution in [-0.2, 0) is 6.42 Å². The van der Waals surface area contributed by atoms with Gasteiger partial charge in [0.25, 0.3) is 0 Å². The Morgan fingerprint density at radius 1 is 1.30 bits per heavy atom. The predicted molar refractivity (Wildman–Crippen MR) is 89.7 cm³/mol. The summed E-state index contributed by atoms with van der Waals surface area (Å²) in [5.41, 5.74) is 1.86. The highest BCUT2D eigenvalue weighted by Gasteiger charge is 2.29. The monoisotopic (exact) mass is 311 g/mol. The van der Waals surface area contributed by atoms with Crippen molar-refractivity contribution in [2.45, 2.75) is 25.3 Å². The van der Waals surface area contributed by atoms with Gasteiger partial charge in [0.2, 0.25) is 5.88 Å². The Labute approximate surface area is 136 Å². The van der Waals surface area contributed by atoms with E-state index in [0.29, 0.717) is 11.6 Å². The fourth-order valence-electron chi connectivity index (χ4n) is 3.04. The molecule has 0 radical (unpaired) electrons. The van der Waals surface area contributed by atoms with Crippen molar-refractivity contribution in [3.8, 4) is 5.88 Å².